The quantitative estimate of drug-likeness (QED) is 0.328. The van der Waals surface area contributed by atoms with Gasteiger partial charge in [-0.2, -0.15) is 11.8 Å². The fourth-order valence-corrected chi connectivity index (χ4v) is 3.32. The van der Waals surface area contributed by atoms with Crippen molar-refractivity contribution in [2.45, 2.75) is 51.1 Å². The Hall–Kier alpha value is -0.990. The molecule has 25 heavy (non-hydrogen) atoms. The molecule has 0 aromatic carbocycles. The lowest BCUT2D eigenvalue weighted by Gasteiger charge is -2.28. The van der Waals surface area contributed by atoms with E-state index >= 15 is 0 Å². The van der Waals surface area contributed by atoms with Crippen LogP contribution in [-0.2, 0) is 14.4 Å². The van der Waals surface area contributed by atoms with Gasteiger partial charge in [-0.3, -0.25) is 14.4 Å². The van der Waals surface area contributed by atoms with E-state index in [1.165, 1.54) is 6.92 Å². The molecule has 6 N–H and O–H groups in total. The summed E-state index contributed by atoms with van der Waals surface area (Å²) in [5.74, 6) is -0.0229. The predicted octanol–water partition coefficient (Wildman–Crippen LogP) is -3.13. The number of rotatable bonds is 9. The Morgan fingerprint density at radius 1 is 1.24 bits per heavy atom. The number of carboxylic acid groups (broad SMARTS) is 1. The molecule has 0 unspecified atom stereocenters. The van der Waals surface area contributed by atoms with Crippen molar-refractivity contribution in [2.75, 3.05) is 18.6 Å². The van der Waals surface area contributed by atoms with Gasteiger partial charge in [0.25, 0.3) is 5.91 Å². The van der Waals surface area contributed by atoms with Crippen molar-refractivity contribution in [3.63, 3.8) is 0 Å². The summed E-state index contributed by atoms with van der Waals surface area (Å²) in [6.45, 7) is 2.09. The second kappa shape index (κ2) is 12.4. The lowest BCUT2D eigenvalue weighted by atomic mass is 9.81. The van der Waals surface area contributed by atoms with E-state index in [9.17, 15) is 14.4 Å². The molecule has 0 heterocycles. The Balaban J connectivity index is 0.00000576. The van der Waals surface area contributed by atoms with Crippen molar-refractivity contribution in [3.8, 4) is 0 Å². The standard InChI is InChI=1S/C16H29N3O4S.ClH/c1-10(16(22)23)19-14(20)12-5-3-11(4-6-12)9-18-15(21)13(17)7-8-24-2;/h10-13H,3-9,17H2,1-2H3,(H,18,21)(H,19,20)(H,22,23);1H/t10-,11?,12?,13-;/m0./s1. The molecule has 9 heteroatoms. The fraction of sp³-hybridized carbons (Fsp3) is 0.812. The van der Waals surface area contributed by atoms with Gasteiger partial charge in [-0.05, 0) is 50.5 Å². The van der Waals surface area contributed by atoms with E-state index < -0.39 is 12.0 Å². The van der Waals surface area contributed by atoms with Crippen LogP contribution in [-0.4, -0.2) is 53.5 Å². The van der Waals surface area contributed by atoms with Crippen LogP contribution in [0.1, 0.15) is 39.0 Å². The predicted molar refractivity (Wildman–Crippen MR) is 93.4 cm³/mol. The number of aliphatic carboxylic acids is 1. The number of carbonyl (C=O) groups excluding carboxylic acids is 2. The maximum absolute atomic E-state index is 12.0. The summed E-state index contributed by atoms with van der Waals surface area (Å²) in [4.78, 5) is 34.7. The minimum absolute atomic E-state index is 0. The number of amides is 2. The average Bonchev–Trinajstić information content (AvgIpc) is 2.57. The molecule has 0 spiro atoms. The van der Waals surface area contributed by atoms with Gasteiger partial charge in [0.2, 0.25) is 5.91 Å². The minimum atomic E-state index is -1.02. The first-order valence-corrected chi connectivity index (χ1v) is 9.87. The van der Waals surface area contributed by atoms with Gasteiger partial charge in [-0.1, -0.05) is 0 Å². The number of thioether (sulfide) groups is 1. The summed E-state index contributed by atoms with van der Waals surface area (Å²) in [6, 6.07) is -1.07. The Morgan fingerprint density at radius 2 is 1.84 bits per heavy atom. The molecule has 0 radical (unpaired) electrons. The van der Waals surface area contributed by atoms with Gasteiger partial charge in [-0.15, -0.1) is 0 Å². The van der Waals surface area contributed by atoms with E-state index in [1.54, 1.807) is 11.8 Å². The van der Waals surface area contributed by atoms with Gasteiger partial charge >= 0.3 is 5.97 Å². The molecule has 1 fully saturated rings. The maximum atomic E-state index is 12.0. The van der Waals surface area contributed by atoms with Crippen LogP contribution in [0.5, 0.6) is 0 Å². The van der Waals surface area contributed by atoms with Gasteiger partial charge in [0, 0.05) is 18.9 Å². The van der Waals surface area contributed by atoms with E-state index in [1.807, 2.05) is 6.26 Å². The minimum Gasteiger partial charge on any atom is -1.00 e. The zero-order valence-electron chi connectivity index (χ0n) is 14.9. The molecule has 1 saturated carbocycles. The fourth-order valence-electron chi connectivity index (χ4n) is 2.80. The highest BCUT2D eigenvalue weighted by molar-refractivity contribution is 7.98. The van der Waals surface area contributed by atoms with Crippen LogP contribution in [0.3, 0.4) is 0 Å². The van der Waals surface area contributed by atoms with Crippen LogP contribution in [0, 0.1) is 11.8 Å². The number of carbonyl (C=O) groups is 3. The summed E-state index contributed by atoms with van der Waals surface area (Å²) in [5.41, 5.74) is 3.89. The van der Waals surface area contributed by atoms with Gasteiger partial charge < -0.3 is 33.9 Å². The van der Waals surface area contributed by atoms with Crippen molar-refractivity contribution in [1.29, 1.82) is 0 Å². The van der Waals surface area contributed by atoms with Gasteiger partial charge in [0.05, 0.1) is 0 Å². The molecule has 1 aliphatic carbocycles. The van der Waals surface area contributed by atoms with E-state index in [4.69, 9.17) is 5.11 Å². The first-order valence-electron chi connectivity index (χ1n) is 8.48. The van der Waals surface area contributed by atoms with Crippen molar-refractivity contribution in [1.82, 2.24) is 10.6 Å². The molecule has 1 rings (SSSR count). The van der Waals surface area contributed by atoms with Crippen LogP contribution in [0.2, 0.25) is 0 Å². The Morgan fingerprint density at radius 3 is 2.36 bits per heavy atom. The molecule has 2 atom stereocenters. The van der Waals surface area contributed by atoms with E-state index in [0.29, 0.717) is 12.5 Å². The largest absolute Gasteiger partial charge is 1.00 e. The molecule has 0 bridgehead atoms. The number of nitrogens with one attached hydrogen (secondary N) is 2. The molecule has 146 valence electrons. The SMILES string of the molecule is CSCC[C@H]([NH3+])C(=O)NCC1CCC(C(=O)N[C@@H](C)C(=O)O)CC1.[Cl-]. The maximum Gasteiger partial charge on any atom is 0.325 e. The lowest BCUT2D eigenvalue weighted by Crippen LogP contribution is -3.00. The second-order valence-electron chi connectivity index (χ2n) is 6.51. The first kappa shape index (κ1) is 24.0. The number of halogens is 1. The second-order valence-corrected chi connectivity index (χ2v) is 7.50. The smallest absolute Gasteiger partial charge is 0.325 e. The number of quaternary nitrogens is 1. The summed E-state index contributed by atoms with van der Waals surface area (Å²) in [7, 11) is 0. The Labute approximate surface area is 159 Å². The average molecular weight is 396 g/mol. The Bertz CT molecular complexity index is 445. The molecule has 0 aromatic heterocycles. The molecule has 0 aliphatic heterocycles. The monoisotopic (exact) mass is 395 g/mol. The highest BCUT2D eigenvalue weighted by Crippen LogP contribution is 2.28. The first-order chi connectivity index (χ1) is 11.3. The zero-order chi connectivity index (χ0) is 18.1. The Kier molecular flexibility index (Phi) is 11.9. The van der Waals surface area contributed by atoms with E-state index in [0.717, 1.165) is 37.9 Å². The molecule has 0 saturated heterocycles. The molecule has 1 aliphatic rings. The van der Waals surface area contributed by atoms with E-state index in [-0.39, 0.29) is 36.2 Å². The molecule has 7 nitrogen and oxygen atoms in total. The molecular formula is C16H30ClN3O4S. The lowest BCUT2D eigenvalue weighted by molar-refractivity contribution is -0.403. The highest BCUT2D eigenvalue weighted by atomic mass is 35.5. The van der Waals surface area contributed by atoms with Crippen molar-refractivity contribution in [3.05, 3.63) is 0 Å². The van der Waals surface area contributed by atoms with E-state index in [2.05, 4.69) is 16.4 Å². The number of carboxylic acids is 1. The van der Waals surface area contributed by atoms with Crippen LogP contribution in [0.15, 0.2) is 0 Å². The molecule has 0 aromatic rings. The van der Waals surface area contributed by atoms with Gasteiger partial charge in [0.1, 0.15) is 6.04 Å². The van der Waals surface area contributed by atoms with Crippen LogP contribution in [0.4, 0.5) is 0 Å². The topological polar surface area (TPSA) is 123 Å². The van der Waals surface area contributed by atoms with Crippen molar-refractivity contribution >= 4 is 29.5 Å². The third-order valence-corrected chi connectivity index (χ3v) is 5.20. The summed E-state index contributed by atoms with van der Waals surface area (Å²) in [6.07, 6.45) is 5.99. The molecular weight excluding hydrogens is 366 g/mol. The van der Waals surface area contributed by atoms with Crippen LogP contribution < -0.4 is 28.8 Å². The van der Waals surface area contributed by atoms with Crippen LogP contribution in [0.25, 0.3) is 0 Å². The summed E-state index contributed by atoms with van der Waals surface area (Å²) in [5, 5.41) is 14.3. The third kappa shape index (κ3) is 8.78. The van der Waals surface area contributed by atoms with Crippen LogP contribution >= 0.6 is 11.8 Å². The molecule has 2 amide bonds. The summed E-state index contributed by atoms with van der Waals surface area (Å²) < 4.78 is 0. The summed E-state index contributed by atoms with van der Waals surface area (Å²) >= 11 is 1.71. The number of hydrogen-bond acceptors (Lipinski definition) is 4. The number of hydrogen-bond donors (Lipinski definition) is 4. The highest BCUT2D eigenvalue weighted by Gasteiger charge is 2.28. The van der Waals surface area contributed by atoms with Gasteiger partial charge in [-0.25, -0.2) is 0 Å². The normalized spacial score (nSPS) is 22.2. The van der Waals surface area contributed by atoms with Gasteiger partial charge in [0.15, 0.2) is 6.04 Å². The van der Waals surface area contributed by atoms with Crippen molar-refractivity contribution in [2.24, 2.45) is 11.8 Å². The van der Waals surface area contributed by atoms with Crippen molar-refractivity contribution < 1.29 is 37.6 Å². The third-order valence-electron chi connectivity index (χ3n) is 4.55. The zero-order valence-corrected chi connectivity index (χ0v) is 16.5.